The van der Waals surface area contributed by atoms with Crippen LogP contribution in [0.1, 0.15) is 5.56 Å². The van der Waals surface area contributed by atoms with Crippen molar-refractivity contribution in [1.29, 1.82) is 0 Å². The molecule has 6 heteroatoms. The number of halogens is 1. The second-order valence-corrected chi connectivity index (χ2v) is 4.75. The minimum atomic E-state index is -0.753. The summed E-state index contributed by atoms with van der Waals surface area (Å²) in [6.45, 7) is 0.552. The number of rotatable bonds is 2. The van der Waals surface area contributed by atoms with Crippen LogP contribution in [0.15, 0.2) is 16.7 Å². The predicted molar refractivity (Wildman–Crippen MR) is 62.1 cm³/mol. The molecule has 2 heterocycles. The fourth-order valence-electron chi connectivity index (χ4n) is 1.82. The molecule has 1 saturated heterocycles. The number of hydrogen-bond acceptors (Lipinski definition) is 5. The number of anilines is 1. The van der Waals surface area contributed by atoms with Crippen LogP contribution in [0.4, 0.5) is 5.82 Å². The first kappa shape index (κ1) is 11.8. The van der Waals surface area contributed by atoms with Gasteiger partial charge in [0, 0.05) is 29.3 Å². The third-order valence-electron chi connectivity index (χ3n) is 2.64. The Morgan fingerprint density at radius 3 is 2.56 bits per heavy atom. The van der Waals surface area contributed by atoms with Gasteiger partial charge in [-0.2, -0.15) is 0 Å². The second kappa shape index (κ2) is 4.67. The van der Waals surface area contributed by atoms with Crippen molar-refractivity contribution >= 4 is 21.7 Å². The largest absolute Gasteiger partial charge is 0.392 e. The van der Waals surface area contributed by atoms with Gasteiger partial charge in [0.25, 0.3) is 0 Å². The third kappa shape index (κ3) is 2.20. The van der Waals surface area contributed by atoms with Gasteiger partial charge >= 0.3 is 0 Å². The molecule has 0 bridgehead atoms. The molecule has 1 fully saturated rings. The zero-order valence-electron chi connectivity index (χ0n) is 8.54. The van der Waals surface area contributed by atoms with Crippen molar-refractivity contribution in [3.8, 4) is 0 Å². The van der Waals surface area contributed by atoms with E-state index in [2.05, 4.69) is 20.9 Å². The molecule has 1 aliphatic heterocycles. The van der Waals surface area contributed by atoms with Crippen molar-refractivity contribution < 1.29 is 15.3 Å². The highest BCUT2D eigenvalue weighted by Crippen LogP contribution is 2.25. The summed E-state index contributed by atoms with van der Waals surface area (Å²) in [5.41, 5.74) is 0.677. The Bertz CT molecular complexity index is 378. The number of hydrogen-bond donors (Lipinski definition) is 3. The summed E-state index contributed by atoms with van der Waals surface area (Å²) in [4.78, 5) is 5.97. The monoisotopic (exact) mass is 288 g/mol. The summed E-state index contributed by atoms with van der Waals surface area (Å²) < 4.78 is 0.792. The highest BCUT2D eigenvalue weighted by Gasteiger charge is 2.31. The zero-order valence-corrected chi connectivity index (χ0v) is 10.1. The van der Waals surface area contributed by atoms with Crippen LogP contribution >= 0.6 is 15.9 Å². The van der Waals surface area contributed by atoms with Crippen LogP contribution in [0, 0.1) is 0 Å². The standard InChI is InChI=1S/C10H13BrN2O3/c11-7-1-6(5-14)10(12-2-7)13-3-8(15)9(16)4-13/h1-2,8-9,14-16H,3-5H2. The summed E-state index contributed by atoms with van der Waals surface area (Å²) >= 11 is 3.28. The van der Waals surface area contributed by atoms with Crippen molar-refractivity contribution in [3.63, 3.8) is 0 Å². The van der Waals surface area contributed by atoms with Crippen LogP contribution in [0.2, 0.25) is 0 Å². The van der Waals surface area contributed by atoms with Gasteiger partial charge in [0.2, 0.25) is 0 Å². The molecule has 0 aromatic carbocycles. The zero-order chi connectivity index (χ0) is 11.7. The minimum Gasteiger partial charge on any atom is -0.392 e. The summed E-state index contributed by atoms with van der Waals surface area (Å²) in [5.74, 6) is 0.612. The second-order valence-electron chi connectivity index (χ2n) is 3.83. The maximum atomic E-state index is 9.46. The van der Waals surface area contributed by atoms with Crippen LogP contribution in [-0.2, 0) is 6.61 Å². The quantitative estimate of drug-likeness (QED) is 0.707. The van der Waals surface area contributed by atoms with Crippen LogP contribution in [0.5, 0.6) is 0 Å². The number of aliphatic hydroxyl groups is 3. The van der Waals surface area contributed by atoms with E-state index in [9.17, 15) is 15.3 Å². The molecule has 0 spiro atoms. The number of aromatic nitrogens is 1. The average molecular weight is 289 g/mol. The molecule has 16 heavy (non-hydrogen) atoms. The fourth-order valence-corrected chi connectivity index (χ4v) is 2.20. The van der Waals surface area contributed by atoms with Gasteiger partial charge in [-0.3, -0.25) is 0 Å². The van der Waals surface area contributed by atoms with Crippen molar-refractivity contribution in [2.24, 2.45) is 0 Å². The molecule has 1 aromatic heterocycles. The fraction of sp³-hybridized carbons (Fsp3) is 0.500. The van der Waals surface area contributed by atoms with Gasteiger partial charge in [-0.25, -0.2) is 4.98 Å². The van der Waals surface area contributed by atoms with Gasteiger partial charge in [0.1, 0.15) is 5.82 Å². The molecule has 0 saturated carbocycles. The minimum absolute atomic E-state index is 0.121. The topological polar surface area (TPSA) is 76.8 Å². The van der Waals surface area contributed by atoms with Gasteiger partial charge in [-0.15, -0.1) is 0 Å². The third-order valence-corrected chi connectivity index (χ3v) is 3.07. The Kier molecular flexibility index (Phi) is 3.44. The molecular formula is C10H13BrN2O3. The van der Waals surface area contributed by atoms with Crippen molar-refractivity contribution in [1.82, 2.24) is 4.98 Å². The Hall–Kier alpha value is -0.690. The lowest BCUT2D eigenvalue weighted by molar-refractivity contribution is 0.0572. The lowest BCUT2D eigenvalue weighted by Gasteiger charge is -2.19. The molecule has 0 radical (unpaired) electrons. The summed E-state index contributed by atoms with van der Waals surface area (Å²) in [6, 6.07) is 1.78. The van der Waals surface area contributed by atoms with Gasteiger partial charge in [0.05, 0.1) is 18.8 Å². The maximum Gasteiger partial charge on any atom is 0.134 e. The Labute approximate surface area is 101 Å². The highest BCUT2D eigenvalue weighted by molar-refractivity contribution is 9.10. The first-order valence-corrected chi connectivity index (χ1v) is 5.77. The average Bonchev–Trinajstić information content (AvgIpc) is 2.59. The molecule has 5 nitrogen and oxygen atoms in total. The van der Waals surface area contributed by atoms with Crippen LogP contribution in [-0.4, -0.2) is 45.6 Å². The lowest BCUT2D eigenvalue weighted by atomic mass is 10.2. The number of β-amino-alcohol motifs (C(OH)–C–C–N with tert-alkyl or cyclic N) is 2. The smallest absolute Gasteiger partial charge is 0.134 e. The highest BCUT2D eigenvalue weighted by atomic mass is 79.9. The van der Waals surface area contributed by atoms with Gasteiger partial charge in [-0.1, -0.05) is 0 Å². The maximum absolute atomic E-state index is 9.46. The number of nitrogens with zero attached hydrogens (tertiary/aromatic N) is 2. The molecule has 1 aromatic rings. The van der Waals surface area contributed by atoms with E-state index in [0.717, 1.165) is 4.47 Å². The van der Waals surface area contributed by atoms with E-state index >= 15 is 0 Å². The van der Waals surface area contributed by atoms with Crippen LogP contribution in [0.25, 0.3) is 0 Å². The molecular weight excluding hydrogens is 276 g/mol. The molecule has 88 valence electrons. The molecule has 3 N–H and O–H groups in total. The van der Waals surface area contributed by atoms with Crippen molar-refractivity contribution in [3.05, 3.63) is 22.3 Å². The lowest BCUT2D eigenvalue weighted by Crippen LogP contribution is -2.23. The Morgan fingerprint density at radius 2 is 2.00 bits per heavy atom. The van der Waals surface area contributed by atoms with Crippen LogP contribution in [0.3, 0.4) is 0 Å². The van der Waals surface area contributed by atoms with E-state index in [1.54, 1.807) is 17.2 Å². The first-order chi connectivity index (χ1) is 7.61. The first-order valence-electron chi connectivity index (χ1n) is 4.98. The van der Waals surface area contributed by atoms with E-state index in [-0.39, 0.29) is 6.61 Å². The molecule has 0 aliphatic carbocycles. The van der Waals surface area contributed by atoms with Gasteiger partial charge in [-0.05, 0) is 22.0 Å². The Balaban J connectivity index is 2.27. The summed E-state index contributed by atoms with van der Waals surface area (Å²) in [7, 11) is 0. The number of pyridine rings is 1. The van der Waals surface area contributed by atoms with E-state index in [0.29, 0.717) is 24.5 Å². The summed E-state index contributed by atoms with van der Waals surface area (Å²) in [5, 5.41) is 28.1. The van der Waals surface area contributed by atoms with Crippen LogP contribution < -0.4 is 4.90 Å². The van der Waals surface area contributed by atoms with E-state index in [4.69, 9.17) is 0 Å². The summed E-state index contributed by atoms with van der Waals surface area (Å²) in [6.07, 6.45) is 0.125. The SMILES string of the molecule is OCc1cc(Br)cnc1N1CC(O)C(O)C1. The van der Waals surface area contributed by atoms with Crippen molar-refractivity contribution in [2.75, 3.05) is 18.0 Å². The molecule has 1 aliphatic rings. The molecule has 2 unspecified atom stereocenters. The molecule has 2 rings (SSSR count). The van der Waals surface area contributed by atoms with Gasteiger partial charge < -0.3 is 20.2 Å². The van der Waals surface area contributed by atoms with Gasteiger partial charge in [0.15, 0.2) is 0 Å². The van der Waals surface area contributed by atoms with E-state index < -0.39 is 12.2 Å². The van der Waals surface area contributed by atoms with E-state index in [1.165, 1.54) is 0 Å². The van der Waals surface area contributed by atoms with E-state index in [1.807, 2.05) is 0 Å². The van der Waals surface area contributed by atoms with Crippen molar-refractivity contribution in [2.45, 2.75) is 18.8 Å². The normalized spacial score (nSPS) is 25.1. The Morgan fingerprint density at radius 1 is 1.38 bits per heavy atom. The predicted octanol–water partition coefficient (Wildman–Crippen LogP) is -0.122. The molecule has 2 atom stereocenters. The molecule has 0 amide bonds. The number of aliphatic hydroxyl groups excluding tert-OH is 3.